The van der Waals surface area contributed by atoms with E-state index >= 15 is 0 Å². The SMILES string of the molecule is Brc1ccc(C2=NC=C3C=NC=C32)cc1. The second-order valence-corrected chi connectivity index (χ2v) is 4.31. The molecular formula is C12H7BrN2. The van der Waals surface area contributed by atoms with Gasteiger partial charge in [-0.2, -0.15) is 0 Å². The maximum Gasteiger partial charge on any atom is 0.0797 e. The summed E-state index contributed by atoms with van der Waals surface area (Å²) in [7, 11) is 0. The Labute approximate surface area is 95.9 Å². The number of hydrogen-bond donors (Lipinski definition) is 0. The molecular weight excluding hydrogens is 252 g/mol. The summed E-state index contributed by atoms with van der Waals surface area (Å²) in [5, 5.41) is 0. The Morgan fingerprint density at radius 2 is 1.80 bits per heavy atom. The van der Waals surface area contributed by atoms with Crippen molar-refractivity contribution in [1.29, 1.82) is 0 Å². The predicted molar refractivity (Wildman–Crippen MR) is 65.3 cm³/mol. The van der Waals surface area contributed by atoms with E-state index in [2.05, 4.69) is 38.0 Å². The van der Waals surface area contributed by atoms with E-state index in [0.29, 0.717) is 0 Å². The lowest BCUT2D eigenvalue weighted by molar-refractivity contribution is 1.54. The first-order chi connectivity index (χ1) is 7.34. The first kappa shape index (κ1) is 8.80. The predicted octanol–water partition coefficient (Wildman–Crippen LogP) is 3.10. The quantitative estimate of drug-likeness (QED) is 0.740. The molecule has 0 atom stereocenters. The molecule has 0 saturated carbocycles. The number of hydrogen-bond acceptors (Lipinski definition) is 2. The van der Waals surface area contributed by atoms with Gasteiger partial charge in [0.2, 0.25) is 0 Å². The van der Waals surface area contributed by atoms with Crippen molar-refractivity contribution in [2.75, 3.05) is 0 Å². The highest BCUT2D eigenvalue weighted by Crippen LogP contribution is 2.26. The third kappa shape index (κ3) is 1.39. The van der Waals surface area contributed by atoms with E-state index in [4.69, 9.17) is 0 Å². The van der Waals surface area contributed by atoms with Crippen LogP contribution in [0.3, 0.4) is 0 Å². The van der Waals surface area contributed by atoms with Crippen molar-refractivity contribution in [2.24, 2.45) is 9.98 Å². The van der Waals surface area contributed by atoms with Crippen LogP contribution in [0.25, 0.3) is 0 Å². The fourth-order valence-electron chi connectivity index (χ4n) is 1.68. The van der Waals surface area contributed by atoms with Crippen molar-refractivity contribution in [3.63, 3.8) is 0 Å². The van der Waals surface area contributed by atoms with E-state index in [1.165, 1.54) is 0 Å². The molecule has 15 heavy (non-hydrogen) atoms. The fraction of sp³-hybridized carbons (Fsp3) is 0. The van der Waals surface area contributed by atoms with Crippen molar-refractivity contribution in [3.8, 4) is 0 Å². The van der Waals surface area contributed by atoms with Crippen molar-refractivity contribution in [1.82, 2.24) is 0 Å². The van der Waals surface area contributed by atoms with Crippen LogP contribution in [0.1, 0.15) is 5.56 Å². The lowest BCUT2D eigenvalue weighted by Gasteiger charge is -2.02. The first-order valence-corrected chi connectivity index (χ1v) is 5.42. The molecule has 0 aromatic heterocycles. The van der Waals surface area contributed by atoms with Crippen LogP contribution in [0.4, 0.5) is 0 Å². The molecule has 1 aromatic carbocycles. The highest BCUT2D eigenvalue weighted by Gasteiger charge is 2.20. The summed E-state index contributed by atoms with van der Waals surface area (Å²) in [4.78, 5) is 8.52. The Morgan fingerprint density at radius 3 is 2.60 bits per heavy atom. The number of nitrogens with zero attached hydrogens (tertiary/aromatic N) is 2. The number of benzene rings is 1. The van der Waals surface area contributed by atoms with Crippen LogP contribution in [0.5, 0.6) is 0 Å². The number of allylic oxidation sites excluding steroid dienone is 2. The molecule has 2 heterocycles. The molecule has 2 nitrogen and oxygen atoms in total. The first-order valence-electron chi connectivity index (χ1n) is 4.62. The van der Waals surface area contributed by atoms with Crippen LogP contribution >= 0.6 is 15.9 Å². The normalized spacial score (nSPS) is 17.3. The second kappa shape index (κ2) is 3.28. The zero-order chi connectivity index (χ0) is 10.3. The summed E-state index contributed by atoms with van der Waals surface area (Å²) in [6.45, 7) is 0. The number of aliphatic imine (C=N–C) groups is 2. The van der Waals surface area contributed by atoms with Gasteiger partial charge in [0.05, 0.1) is 5.71 Å². The lowest BCUT2D eigenvalue weighted by atomic mass is 10.0. The third-order valence-corrected chi connectivity index (χ3v) is 2.96. The molecule has 1 aromatic rings. The van der Waals surface area contributed by atoms with E-state index in [9.17, 15) is 0 Å². The molecule has 0 aliphatic carbocycles. The molecule has 0 spiro atoms. The van der Waals surface area contributed by atoms with E-state index in [1.54, 1.807) is 0 Å². The van der Waals surface area contributed by atoms with Gasteiger partial charge in [0.15, 0.2) is 0 Å². The summed E-state index contributed by atoms with van der Waals surface area (Å²) in [5.41, 5.74) is 4.36. The van der Waals surface area contributed by atoms with Gasteiger partial charge in [0, 0.05) is 39.8 Å². The van der Waals surface area contributed by atoms with Crippen molar-refractivity contribution >= 4 is 27.9 Å². The zero-order valence-electron chi connectivity index (χ0n) is 7.81. The van der Waals surface area contributed by atoms with Crippen LogP contribution < -0.4 is 0 Å². The van der Waals surface area contributed by atoms with Crippen molar-refractivity contribution in [3.05, 3.63) is 57.8 Å². The van der Waals surface area contributed by atoms with Gasteiger partial charge in [0.1, 0.15) is 0 Å². The molecule has 0 unspecified atom stereocenters. The minimum Gasteiger partial charge on any atom is -0.263 e. The van der Waals surface area contributed by atoms with E-state index in [1.807, 2.05) is 30.7 Å². The Morgan fingerprint density at radius 1 is 1.00 bits per heavy atom. The Kier molecular flexibility index (Phi) is 1.92. The molecule has 2 aliphatic rings. The van der Waals surface area contributed by atoms with E-state index in [-0.39, 0.29) is 0 Å². The summed E-state index contributed by atoms with van der Waals surface area (Å²) in [5.74, 6) is 0. The molecule has 0 N–H and O–H groups in total. The molecule has 0 amide bonds. The zero-order valence-corrected chi connectivity index (χ0v) is 9.40. The minimum atomic E-state index is 1.01. The second-order valence-electron chi connectivity index (χ2n) is 3.39. The minimum absolute atomic E-state index is 1.01. The Hall–Kier alpha value is -1.48. The number of fused-ring (bicyclic) bond motifs is 1. The number of halogens is 1. The highest BCUT2D eigenvalue weighted by molar-refractivity contribution is 9.10. The smallest absolute Gasteiger partial charge is 0.0797 e. The third-order valence-electron chi connectivity index (χ3n) is 2.43. The molecule has 0 saturated heterocycles. The average molecular weight is 259 g/mol. The molecule has 3 heteroatoms. The van der Waals surface area contributed by atoms with Crippen molar-refractivity contribution in [2.45, 2.75) is 0 Å². The van der Waals surface area contributed by atoms with Crippen LogP contribution in [0.2, 0.25) is 0 Å². The molecule has 3 rings (SSSR count). The van der Waals surface area contributed by atoms with Gasteiger partial charge in [-0.15, -0.1) is 0 Å². The summed E-state index contributed by atoms with van der Waals surface area (Å²) >= 11 is 3.42. The van der Waals surface area contributed by atoms with Crippen LogP contribution in [-0.2, 0) is 0 Å². The van der Waals surface area contributed by atoms with Crippen molar-refractivity contribution < 1.29 is 0 Å². The van der Waals surface area contributed by atoms with Gasteiger partial charge in [-0.3, -0.25) is 9.98 Å². The van der Waals surface area contributed by atoms with Gasteiger partial charge in [0.25, 0.3) is 0 Å². The standard InChI is InChI=1S/C12H7BrN2/c13-10-3-1-8(2-4-10)12-11-7-14-5-9(11)6-15-12/h1-7H. The maximum absolute atomic E-state index is 4.40. The lowest BCUT2D eigenvalue weighted by Crippen LogP contribution is -2.01. The Bertz CT molecular complexity index is 533. The summed E-state index contributed by atoms with van der Waals surface area (Å²) < 4.78 is 1.08. The average Bonchev–Trinajstić information content (AvgIpc) is 2.80. The summed E-state index contributed by atoms with van der Waals surface area (Å²) in [6.07, 6.45) is 5.56. The van der Waals surface area contributed by atoms with Crippen LogP contribution in [0, 0.1) is 0 Å². The van der Waals surface area contributed by atoms with Gasteiger partial charge in [-0.25, -0.2) is 0 Å². The van der Waals surface area contributed by atoms with E-state index in [0.717, 1.165) is 26.9 Å². The highest BCUT2D eigenvalue weighted by atomic mass is 79.9. The molecule has 0 radical (unpaired) electrons. The number of rotatable bonds is 1. The van der Waals surface area contributed by atoms with Crippen LogP contribution in [-0.4, -0.2) is 11.9 Å². The maximum atomic E-state index is 4.40. The molecule has 72 valence electrons. The Balaban J connectivity index is 2.01. The van der Waals surface area contributed by atoms with E-state index < -0.39 is 0 Å². The summed E-state index contributed by atoms with van der Waals surface area (Å²) in [6, 6.07) is 8.15. The van der Waals surface area contributed by atoms with Gasteiger partial charge in [-0.05, 0) is 12.1 Å². The largest absolute Gasteiger partial charge is 0.263 e. The molecule has 0 bridgehead atoms. The topological polar surface area (TPSA) is 24.7 Å². The van der Waals surface area contributed by atoms with Gasteiger partial charge < -0.3 is 0 Å². The van der Waals surface area contributed by atoms with Gasteiger partial charge in [-0.1, -0.05) is 28.1 Å². The molecule has 0 fully saturated rings. The molecule has 2 aliphatic heterocycles. The van der Waals surface area contributed by atoms with Crippen LogP contribution in [0.15, 0.2) is 62.3 Å². The van der Waals surface area contributed by atoms with Gasteiger partial charge >= 0.3 is 0 Å². The monoisotopic (exact) mass is 258 g/mol. The fourth-order valence-corrected chi connectivity index (χ4v) is 1.94.